The van der Waals surface area contributed by atoms with E-state index in [4.69, 9.17) is 10.5 Å². The fourth-order valence-corrected chi connectivity index (χ4v) is 3.95. The number of ether oxygens (including phenoxy) is 1. The maximum Gasteiger partial charge on any atom is 0.312 e. The highest BCUT2D eigenvalue weighted by Crippen LogP contribution is 2.38. The van der Waals surface area contributed by atoms with Crippen LogP contribution in [-0.2, 0) is 11.2 Å². The maximum absolute atomic E-state index is 14.7. The van der Waals surface area contributed by atoms with E-state index < -0.39 is 17.9 Å². The molecule has 4 rings (SSSR count). The number of aliphatic carboxylic acids is 1. The van der Waals surface area contributed by atoms with Crippen molar-refractivity contribution in [2.24, 2.45) is 5.73 Å². The third-order valence-corrected chi connectivity index (χ3v) is 5.49. The molecular formula is C24H23ClFNO3. The normalized spacial score (nSPS) is 17.6. The molecule has 3 aromatic rings. The van der Waals surface area contributed by atoms with Gasteiger partial charge in [0.05, 0.1) is 5.92 Å². The lowest BCUT2D eigenvalue weighted by molar-refractivity contribution is -0.139. The van der Waals surface area contributed by atoms with E-state index in [-0.39, 0.29) is 18.2 Å². The molecule has 2 atom stereocenters. The van der Waals surface area contributed by atoms with Gasteiger partial charge in [0.2, 0.25) is 0 Å². The van der Waals surface area contributed by atoms with Crippen LogP contribution in [0, 0.1) is 12.7 Å². The molecule has 3 N–H and O–H groups in total. The van der Waals surface area contributed by atoms with Crippen LogP contribution in [0.4, 0.5) is 4.39 Å². The SMILES string of the molecule is Cc1cccc(-c2ccccc2Oc2ccc3c(c2)C(C(=O)O)C(N)CC3)c1F.Cl. The zero-order chi connectivity index (χ0) is 20.5. The molecule has 2 unspecified atom stereocenters. The van der Waals surface area contributed by atoms with E-state index in [9.17, 15) is 14.3 Å². The average molecular weight is 428 g/mol. The summed E-state index contributed by atoms with van der Waals surface area (Å²) in [6.07, 6.45) is 1.38. The molecule has 0 saturated carbocycles. The van der Waals surface area contributed by atoms with Crippen molar-refractivity contribution in [2.45, 2.75) is 31.7 Å². The number of carbonyl (C=O) groups is 1. The van der Waals surface area contributed by atoms with Gasteiger partial charge in [0, 0.05) is 17.2 Å². The van der Waals surface area contributed by atoms with Gasteiger partial charge in [0.25, 0.3) is 0 Å². The summed E-state index contributed by atoms with van der Waals surface area (Å²) in [6, 6.07) is 17.5. The number of carboxylic acids is 1. The van der Waals surface area contributed by atoms with Crippen LogP contribution in [0.25, 0.3) is 11.1 Å². The Morgan fingerprint density at radius 3 is 2.60 bits per heavy atom. The number of aryl methyl sites for hydroxylation is 2. The molecule has 4 nitrogen and oxygen atoms in total. The van der Waals surface area contributed by atoms with E-state index in [2.05, 4.69) is 0 Å². The Labute approximate surface area is 180 Å². The van der Waals surface area contributed by atoms with Crippen LogP contribution in [-0.4, -0.2) is 17.1 Å². The zero-order valence-corrected chi connectivity index (χ0v) is 17.3. The predicted octanol–water partition coefficient (Wildman–Crippen LogP) is 5.46. The molecule has 6 heteroatoms. The quantitative estimate of drug-likeness (QED) is 0.580. The van der Waals surface area contributed by atoms with Crippen LogP contribution in [0.15, 0.2) is 60.7 Å². The minimum atomic E-state index is -0.933. The number of nitrogens with two attached hydrogens (primary N) is 1. The fourth-order valence-electron chi connectivity index (χ4n) is 3.95. The Morgan fingerprint density at radius 2 is 1.83 bits per heavy atom. The van der Waals surface area contributed by atoms with E-state index in [1.165, 1.54) is 0 Å². The van der Waals surface area contributed by atoms with Gasteiger partial charge >= 0.3 is 5.97 Å². The molecule has 0 aromatic heterocycles. The largest absolute Gasteiger partial charge is 0.481 e. The third kappa shape index (κ3) is 4.04. The van der Waals surface area contributed by atoms with Crippen LogP contribution >= 0.6 is 12.4 Å². The Morgan fingerprint density at radius 1 is 1.10 bits per heavy atom. The van der Waals surface area contributed by atoms with Crippen molar-refractivity contribution in [1.82, 2.24) is 0 Å². The number of carboxylic acid groups (broad SMARTS) is 1. The van der Waals surface area contributed by atoms with E-state index >= 15 is 0 Å². The van der Waals surface area contributed by atoms with Crippen molar-refractivity contribution in [3.05, 3.63) is 83.2 Å². The Hall–Kier alpha value is -2.89. The van der Waals surface area contributed by atoms with Crippen LogP contribution < -0.4 is 10.5 Å². The molecular weight excluding hydrogens is 405 g/mol. The standard InChI is InChI=1S/C24H22FNO3.ClH/c1-14-5-4-7-18(23(14)25)17-6-2-3-8-21(17)29-16-11-9-15-10-12-20(26)22(24(27)28)19(15)13-16;/h2-9,11,13,20,22H,10,12,26H2,1H3,(H,27,28);1H. The summed E-state index contributed by atoms with van der Waals surface area (Å²) in [5, 5.41) is 9.62. The highest BCUT2D eigenvalue weighted by Gasteiger charge is 2.33. The van der Waals surface area contributed by atoms with Gasteiger partial charge < -0.3 is 15.6 Å². The Bertz CT molecular complexity index is 1090. The van der Waals surface area contributed by atoms with Gasteiger partial charge in [0.1, 0.15) is 17.3 Å². The molecule has 1 aliphatic carbocycles. The molecule has 0 spiro atoms. The topological polar surface area (TPSA) is 72.5 Å². The van der Waals surface area contributed by atoms with E-state index in [1.807, 2.05) is 36.4 Å². The number of halogens is 2. The zero-order valence-electron chi connectivity index (χ0n) is 16.5. The van der Waals surface area contributed by atoms with Gasteiger partial charge in [-0.05, 0) is 54.7 Å². The first kappa shape index (κ1) is 21.8. The van der Waals surface area contributed by atoms with Gasteiger partial charge in [-0.15, -0.1) is 12.4 Å². The van der Waals surface area contributed by atoms with Gasteiger partial charge in [-0.25, -0.2) is 4.39 Å². The number of rotatable bonds is 4. The van der Waals surface area contributed by atoms with Crippen LogP contribution in [0.1, 0.15) is 29.0 Å². The monoisotopic (exact) mass is 427 g/mol. The predicted molar refractivity (Wildman–Crippen MR) is 117 cm³/mol. The Kier molecular flexibility index (Phi) is 6.44. The summed E-state index contributed by atoms with van der Waals surface area (Å²) in [7, 11) is 0. The van der Waals surface area contributed by atoms with E-state index in [0.717, 1.165) is 12.0 Å². The minimum Gasteiger partial charge on any atom is -0.481 e. The second-order valence-electron chi connectivity index (χ2n) is 7.41. The van der Waals surface area contributed by atoms with E-state index in [1.54, 1.807) is 31.2 Å². The number of fused-ring (bicyclic) bond motifs is 1. The average Bonchev–Trinajstić information content (AvgIpc) is 2.70. The molecule has 0 radical (unpaired) electrons. The van der Waals surface area contributed by atoms with Crippen molar-refractivity contribution in [2.75, 3.05) is 0 Å². The third-order valence-electron chi connectivity index (χ3n) is 5.49. The summed E-state index contributed by atoms with van der Waals surface area (Å²) < 4.78 is 20.8. The summed E-state index contributed by atoms with van der Waals surface area (Å²) in [5.41, 5.74) is 9.39. The van der Waals surface area contributed by atoms with Gasteiger partial charge in [0.15, 0.2) is 0 Å². The molecule has 0 heterocycles. The molecule has 30 heavy (non-hydrogen) atoms. The summed E-state index contributed by atoms with van der Waals surface area (Å²) in [5.74, 6) is -0.968. The molecule has 156 valence electrons. The van der Waals surface area contributed by atoms with Gasteiger partial charge in [-0.1, -0.05) is 42.5 Å². The van der Waals surface area contributed by atoms with Gasteiger partial charge in [-0.2, -0.15) is 0 Å². The first-order valence-electron chi connectivity index (χ1n) is 9.59. The minimum absolute atomic E-state index is 0. The smallest absolute Gasteiger partial charge is 0.312 e. The molecule has 0 amide bonds. The summed E-state index contributed by atoms with van der Waals surface area (Å²) in [4.78, 5) is 11.7. The second-order valence-corrected chi connectivity index (χ2v) is 7.41. The second kappa shape index (κ2) is 8.86. The summed E-state index contributed by atoms with van der Waals surface area (Å²) >= 11 is 0. The Balaban J connectivity index is 0.00000256. The van der Waals surface area contributed by atoms with Crippen molar-refractivity contribution >= 4 is 18.4 Å². The lowest BCUT2D eigenvalue weighted by atomic mass is 9.79. The van der Waals surface area contributed by atoms with Crippen molar-refractivity contribution in [3.63, 3.8) is 0 Å². The maximum atomic E-state index is 14.7. The molecule has 0 bridgehead atoms. The molecule has 3 aromatic carbocycles. The number of hydrogen-bond donors (Lipinski definition) is 2. The van der Waals surface area contributed by atoms with Crippen molar-refractivity contribution in [1.29, 1.82) is 0 Å². The highest BCUT2D eigenvalue weighted by atomic mass is 35.5. The van der Waals surface area contributed by atoms with Crippen LogP contribution in [0.2, 0.25) is 0 Å². The highest BCUT2D eigenvalue weighted by molar-refractivity contribution is 5.85. The van der Waals surface area contributed by atoms with Crippen molar-refractivity contribution < 1.29 is 19.0 Å². The molecule has 0 fully saturated rings. The molecule has 0 saturated heterocycles. The first-order valence-corrected chi connectivity index (χ1v) is 9.59. The number of benzene rings is 3. The number of para-hydroxylation sites is 1. The van der Waals surface area contributed by atoms with E-state index in [0.29, 0.717) is 40.2 Å². The van der Waals surface area contributed by atoms with Crippen LogP contribution in [0.5, 0.6) is 11.5 Å². The van der Waals surface area contributed by atoms with Crippen LogP contribution in [0.3, 0.4) is 0 Å². The first-order chi connectivity index (χ1) is 14.0. The van der Waals surface area contributed by atoms with Crippen molar-refractivity contribution in [3.8, 4) is 22.6 Å². The lowest BCUT2D eigenvalue weighted by Gasteiger charge is -2.28. The lowest BCUT2D eigenvalue weighted by Crippen LogP contribution is -2.37. The number of hydrogen-bond acceptors (Lipinski definition) is 3. The summed E-state index contributed by atoms with van der Waals surface area (Å²) in [6.45, 7) is 1.72. The molecule has 1 aliphatic rings. The van der Waals surface area contributed by atoms with Gasteiger partial charge in [-0.3, -0.25) is 4.79 Å². The molecule has 0 aliphatic heterocycles. The fraction of sp³-hybridized carbons (Fsp3) is 0.208.